The summed E-state index contributed by atoms with van der Waals surface area (Å²) in [5.41, 5.74) is 1.58. The third-order valence-electron chi connectivity index (χ3n) is 5.65. The van der Waals surface area contributed by atoms with Gasteiger partial charge in [-0.2, -0.15) is 0 Å². The normalized spacial score (nSPS) is 13.1. The number of aryl methyl sites for hydroxylation is 1. The summed E-state index contributed by atoms with van der Waals surface area (Å²) in [6.45, 7) is 6.63. The number of benzene rings is 2. The van der Waals surface area contributed by atoms with Crippen molar-refractivity contribution in [2.45, 2.75) is 52.7 Å². The second-order valence-corrected chi connectivity index (χ2v) is 11.6. The number of anilines is 1. The highest BCUT2D eigenvalue weighted by Crippen LogP contribution is 2.26. The van der Waals surface area contributed by atoms with Crippen LogP contribution in [0.3, 0.4) is 0 Å². The summed E-state index contributed by atoms with van der Waals surface area (Å²) in [5, 5.41) is 4.00. The first-order valence-electron chi connectivity index (χ1n) is 11.0. The predicted octanol–water partition coefficient (Wildman–Crippen LogP) is 5.05. The Bertz CT molecular complexity index is 1190. The molecule has 7 nitrogen and oxygen atoms in total. The molecule has 0 fully saturated rings. The van der Waals surface area contributed by atoms with Crippen molar-refractivity contribution in [1.29, 1.82) is 0 Å². The number of hydrogen-bond acceptors (Lipinski definition) is 4. The molecule has 0 radical (unpaired) electrons. The average molecular weight is 563 g/mol. The molecule has 0 heterocycles. The smallest absolute Gasteiger partial charge is 0.244 e. The summed E-state index contributed by atoms with van der Waals surface area (Å²) < 4.78 is 26.2. The van der Waals surface area contributed by atoms with Crippen LogP contribution in [-0.4, -0.2) is 50.0 Å². The maximum Gasteiger partial charge on any atom is 0.244 e. The molecule has 11 heteroatoms. The highest BCUT2D eigenvalue weighted by atomic mass is 35.5. The molecule has 0 aliphatic rings. The lowest BCUT2D eigenvalue weighted by molar-refractivity contribution is -0.139. The van der Waals surface area contributed by atoms with E-state index < -0.39 is 28.5 Å². The number of carbonyl (C=O) groups excluding carboxylic acids is 2. The van der Waals surface area contributed by atoms with Crippen LogP contribution in [0.4, 0.5) is 5.69 Å². The molecular weight excluding hydrogens is 533 g/mol. The Balaban J connectivity index is 2.44. The Morgan fingerprint density at radius 1 is 1.03 bits per heavy atom. The lowest BCUT2D eigenvalue weighted by atomic mass is 10.1. The minimum absolute atomic E-state index is 0.0177. The van der Waals surface area contributed by atoms with Crippen LogP contribution in [0, 0.1) is 6.92 Å². The van der Waals surface area contributed by atoms with E-state index in [0.29, 0.717) is 27.1 Å². The van der Waals surface area contributed by atoms with E-state index in [1.54, 1.807) is 44.2 Å². The van der Waals surface area contributed by atoms with Crippen LogP contribution in [0.15, 0.2) is 36.4 Å². The molecule has 0 saturated carbocycles. The summed E-state index contributed by atoms with van der Waals surface area (Å²) in [6.07, 6.45) is 1.72. The van der Waals surface area contributed by atoms with Gasteiger partial charge in [-0.1, -0.05) is 53.9 Å². The molecule has 2 rings (SSSR count). The van der Waals surface area contributed by atoms with Crippen molar-refractivity contribution in [1.82, 2.24) is 10.2 Å². The molecule has 1 N–H and O–H groups in total. The molecule has 35 heavy (non-hydrogen) atoms. The summed E-state index contributed by atoms with van der Waals surface area (Å²) >= 11 is 18.5. The summed E-state index contributed by atoms with van der Waals surface area (Å²) in [7, 11) is -3.85. The first kappa shape index (κ1) is 29.2. The fourth-order valence-electron chi connectivity index (χ4n) is 3.23. The predicted molar refractivity (Wildman–Crippen MR) is 143 cm³/mol. The van der Waals surface area contributed by atoms with E-state index in [1.165, 1.54) is 11.0 Å². The Hall–Kier alpha value is -2.00. The highest BCUT2D eigenvalue weighted by molar-refractivity contribution is 7.92. The van der Waals surface area contributed by atoms with E-state index in [0.717, 1.165) is 16.1 Å². The van der Waals surface area contributed by atoms with Gasteiger partial charge in [0.15, 0.2) is 0 Å². The van der Waals surface area contributed by atoms with E-state index in [9.17, 15) is 18.0 Å². The molecule has 2 atom stereocenters. The van der Waals surface area contributed by atoms with Crippen molar-refractivity contribution in [2.75, 3.05) is 17.1 Å². The average Bonchev–Trinajstić information content (AvgIpc) is 2.77. The maximum absolute atomic E-state index is 13.5. The lowest BCUT2D eigenvalue weighted by Gasteiger charge is -2.32. The van der Waals surface area contributed by atoms with Gasteiger partial charge >= 0.3 is 0 Å². The number of sulfonamides is 1. The van der Waals surface area contributed by atoms with Crippen molar-refractivity contribution in [3.05, 3.63) is 62.6 Å². The Labute approximate surface area is 222 Å². The number of hydrogen-bond donors (Lipinski definition) is 1. The summed E-state index contributed by atoms with van der Waals surface area (Å²) in [5.74, 6) is -0.938. The van der Waals surface area contributed by atoms with Crippen molar-refractivity contribution in [3.8, 4) is 0 Å². The van der Waals surface area contributed by atoms with Gasteiger partial charge in [0.1, 0.15) is 12.6 Å². The molecule has 2 amide bonds. The van der Waals surface area contributed by atoms with Crippen LogP contribution in [0.1, 0.15) is 38.3 Å². The van der Waals surface area contributed by atoms with Crippen LogP contribution in [0.2, 0.25) is 15.1 Å². The van der Waals surface area contributed by atoms with E-state index in [-0.39, 0.29) is 24.2 Å². The van der Waals surface area contributed by atoms with Gasteiger partial charge in [0.05, 0.1) is 11.9 Å². The second-order valence-electron chi connectivity index (χ2n) is 8.45. The molecule has 0 aromatic heterocycles. The van der Waals surface area contributed by atoms with Crippen molar-refractivity contribution >= 4 is 62.3 Å². The fourth-order valence-corrected chi connectivity index (χ4v) is 4.72. The molecule has 0 bridgehead atoms. The number of rotatable bonds is 10. The minimum Gasteiger partial charge on any atom is -0.352 e. The van der Waals surface area contributed by atoms with Crippen LogP contribution >= 0.6 is 34.8 Å². The SMILES string of the molecule is CC[C@@H](C)NC(=O)[C@H](C)N(Cc1ccc(Cl)cc1Cl)C(=O)CN(c1ccc(C)c(Cl)c1)S(C)(=O)=O. The van der Waals surface area contributed by atoms with E-state index in [1.807, 2.05) is 13.8 Å². The zero-order chi connectivity index (χ0) is 26.5. The Morgan fingerprint density at radius 2 is 1.69 bits per heavy atom. The monoisotopic (exact) mass is 561 g/mol. The summed E-state index contributed by atoms with van der Waals surface area (Å²) in [4.78, 5) is 27.8. The Kier molecular flexibility index (Phi) is 10.3. The molecule has 0 spiro atoms. The third-order valence-corrected chi connectivity index (χ3v) is 7.78. The number of carbonyl (C=O) groups is 2. The number of nitrogens with one attached hydrogen (secondary N) is 1. The van der Waals surface area contributed by atoms with Gasteiger partial charge in [-0.15, -0.1) is 0 Å². The van der Waals surface area contributed by atoms with Gasteiger partial charge in [0.2, 0.25) is 21.8 Å². The maximum atomic E-state index is 13.5. The lowest BCUT2D eigenvalue weighted by Crippen LogP contribution is -2.52. The van der Waals surface area contributed by atoms with Crippen molar-refractivity contribution < 1.29 is 18.0 Å². The molecule has 2 aromatic rings. The van der Waals surface area contributed by atoms with Crippen LogP contribution < -0.4 is 9.62 Å². The molecule has 0 unspecified atom stereocenters. The van der Waals surface area contributed by atoms with Crippen molar-refractivity contribution in [2.24, 2.45) is 0 Å². The second kappa shape index (κ2) is 12.3. The third kappa shape index (κ3) is 8.00. The van der Waals surface area contributed by atoms with Crippen LogP contribution in [-0.2, 0) is 26.2 Å². The van der Waals surface area contributed by atoms with Gasteiger partial charge in [-0.25, -0.2) is 8.42 Å². The van der Waals surface area contributed by atoms with Crippen molar-refractivity contribution in [3.63, 3.8) is 0 Å². The summed E-state index contributed by atoms with van der Waals surface area (Å²) in [6, 6.07) is 8.59. The molecule has 192 valence electrons. The topological polar surface area (TPSA) is 86.8 Å². The van der Waals surface area contributed by atoms with E-state index in [4.69, 9.17) is 34.8 Å². The quantitative estimate of drug-likeness (QED) is 0.439. The molecular formula is C24H30Cl3N3O4S. The molecule has 0 aliphatic carbocycles. The minimum atomic E-state index is -3.85. The van der Waals surface area contributed by atoms with Gasteiger partial charge in [-0.05, 0) is 62.6 Å². The standard InChI is InChI=1S/C24H30Cl3N3O4S/c1-6-16(3)28-24(32)17(4)29(13-18-8-9-19(25)11-22(18)27)23(31)14-30(35(5,33)34)20-10-7-15(2)21(26)12-20/h7-12,16-17H,6,13-14H2,1-5H3,(H,28,32)/t16-,17+/m1/s1. The van der Waals surface area contributed by atoms with Gasteiger partial charge < -0.3 is 10.2 Å². The number of amides is 2. The fraction of sp³-hybridized carbons (Fsp3) is 0.417. The molecule has 2 aromatic carbocycles. The largest absolute Gasteiger partial charge is 0.352 e. The highest BCUT2D eigenvalue weighted by Gasteiger charge is 2.31. The molecule has 0 aliphatic heterocycles. The first-order valence-corrected chi connectivity index (χ1v) is 14.0. The van der Waals surface area contributed by atoms with Crippen LogP contribution in [0.25, 0.3) is 0 Å². The zero-order valence-corrected chi connectivity index (χ0v) is 23.4. The van der Waals surface area contributed by atoms with E-state index in [2.05, 4.69) is 5.32 Å². The number of halogens is 3. The van der Waals surface area contributed by atoms with Gasteiger partial charge in [0.25, 0.3) is 0 Å². The molecule has 0 saturated heterocycles. The zero-order valence-electron chi connectivity index (χ0n) is 20.3. The number of nitrogens with zero attached hydrogens (tertiary/aromatic N) is 2. The first-order chi connectivity index (χ1) is 16.2. The Morgan fingerprint density at radius 3 is 2.23 bits per heavy atom. The van der Waals surface area contributed by atoms with Crippen LogP contribution in [0.5, 0.6) is 0 Å². The van der Waals surface area contributed by atoms with Gasteiger partial charge in [0, 0.05) is 27.7 Å². The van der Waals surface area contributed by atoms with E-state index >= 15 is 0 Å². The van der Waals surface area contributed by atoms with Gasteiger partial charge in [-0.3, -0.25) is 13.9 Å².